The molecule has 156 valence electrons. The van der Waals surface area contributed by atoms with E-state index < -0.39 is 0 Å². The molecule has 0 aliphatic carbocycles. The van der Waals surface area contributed by atoms with Gasteiger partial charge in [0.25, 0.3) is 0 Å². The van der Waals surface area contributed by atoms with E-state index >= 15 is 0 Å². The number of amides is 1. The molecule has 0 atom stereocenters. The quantitative estimate of drug-likeness (QED) is 0.467. The number of carbonyl (C=O) groups is 1. The fourth-order valence-corrected chi connectivity index (χ4v) is 3.17. The largest absolute Gasteiger partial charge is 0.379 e. The molecule has 1 aromatic carbocycles. The number of nitrogens with zero attached hydrogens (tertiary/aromatic N) is 2. The molecule has 1 aromatic rings. The van der Waals surface area contributed by atoms with Crippen molar-refractivity contribution in [2.75, 3.05) is 51.3 Å². The van der Waals surface area contributed by atoms with Gasteiger partial charge in [0.1, 0.15) is 0 Å². The topological polar surface area (TPSA) is 78.0 Å². The summed E-state index contributed by atoms with van der Waals surface area (Å²) in [5.41, 5.74) is 2.04. The minimum absolute atomic E-state index is 0.00563. The molecule has 7 heteroatoms. The Morgan fingerprint density at radius 2 is 1.86 bits per heavy atom. The van der Waals surface area contributed by atoms with Crippen LogP contribution in [0.25, 0.3) is 0 Å². The van der Waals surface area contributed by atoms with Crippen molar-refractivity contribution >= 4 is 17.6 Å². The number of hydrogen-bond acceptors (Lipinski definition) is 4. The Morgan fingerprint density at radius 1 is 1.18 bits per heavy atom. The molecule has 7 nitrogen and oxygen atoms in total. The minimum atomic E-state index is -0.0547. The van der Waals surface area contributed by atoms with Gasteiger partial charge in [-0.1, -0.05) is 12.1 Å². The predicted octanol–water partition coefficient (Wildman–Crippen LogP) is 1.85. The average Bonchev–Trinajstić information content (AvgIpc) is 2.68. The van der Waals surface area contributed by atoms with Crippen LogP contribution in [0.4, 0.5) is 5.69 Å². The highest BCUT2D eigenvalue weighted by molar-refractivity contribution is 5.88. The number of hydrogen-bond donors (Lipinski definition) is 3. The first-order valence-corrected chi connectivity index (χ1v) is 10.1. The second-order valence-electron chi connectivity index (χ2n) is 7.66. The predicted molar refractivity (Wildman–Crippen MR) is 115 cm³/mol. The summed E-state index contributed by atoms with van der Waals surface area (Å²) >= 11 is 0. The van der Waals surface area contributed by atoms with Crippen molar-refractivity contribution in [1.29, 1.82) is 0 Å². The molecule has 0 spiro atoms. The third kappa shape index (κ3) is 7.48. The van der Waals surface area contributed by atoms with Crippen LogP contribution in [0.1, 0.15) is 33.3 Å². The second kappa shape index (κ2) is 11.0. The van der Waals surface area contributed by atoms with Gasteiger partial charge < -0.3 is 20.7 Å². The number of benzene rings is 1. The standard InChI is InChI=1S/C21H35N5O2/c1-5-22-20(24-16-21(3,4)26-12-14-28-15-13-26)23-11-10-18-6-8-19(9-7-18)25-17(2)27/h6-9H,5,10-16H2,1-4H3,(H,25,27)(H2,22,23,24). The highest BCUT2D eigenvalue weighted by Gasteiger charge is 2.28. The SMILES string of the molecule is CCNC(=NCC(C)(C)N1CCOCC1)NCCc1ccc(NC(C)=O)cc1. The van der Waals surface area contributed by atoms with Gasteiger partial charge in [-0.05, 0) is 44.9 Å². The molecular formula is C21H35N5O2. The number of anilines is 1. The number of nitrogens with one attached hydrogen (secondary N) is 3. The van der Waals surface area contributed by atoms with Crippen molar-refractivity contribution in [1.82, 2.24) is 15.5 Å². The zero-order chi connectivity index (χ0) is 20.4. The minimum Gasteiger partial charge on any atom is -0.379 e. The van der Waals surface area contributed by atoms with Gasteiger partial charge in [0.2, 0.25) is 5.91 Å². The molecule has 1 aliphatic rings. The average molecular weight is 390 g/mol. The molecule has 0 radical (unpaired) electrons. The molecule has 0 unspecified atom stereocenters. The Balaban J connectivity index is 1.84. The van der Waals surface area contributed by atoms with Crippen LogP contribution >= 0.6 is 0 Å². The number of rotatable bonds is 8. The van der Waals surface area contributed by atoms with Crippen LogP contribution < -0.4 is 16.0 Å². The summed E-state index contributed by atoms with van der Waals surface area (Å²) in [5.74, 6) is 0.791. The molecule has 1 heterocycles. The summed E-state index contributed by atoms with van der Waals surface area (Å²) in [6, 6.07) is 7.94. The Labute approximate surface area is 168 Å². The van der Waals surface area contributed by atoms with Gasteiger partial charge in [-0.2, -0.15) is 0 Å². The van der Waals surface area contributed by atoms with Gasteiger partial charge in [0.05, 0.1) is 19.8 Å². The Kier molecular flexibility index (Phi) is 8.73. The van der Waals surface area contributed by atoms with E-state index in [-0.39, 0.29) is 11.4 Å². The van der Waals surface area contributed by atoms with Gasteiger partial charge in [0.15, 0.2) is 5.96 Å². The van der Waals surface area contributed by atoms with Crippen LogP contribution in [0, 0.1) is 0 Å². The molecule has 1 fully saturated rings. The fourth-order valence-electron chi connectivity index (χ4n) is 3.17. The molecule has 0 aromatic heterocycles. The van der Waals surface area contributed by atoms with Gasteiger partial charge >= 0.3 is 0 Å². The monoisotopic (exact) mass is 389 g/mol. The molecular weight excluding hydrogens is 354 g/mol. The lowest BCUT2D eigenvalue weighted by atomic mass is 10.0. The third-order valence-corrected chi connectivity index (χ3v) is 4.82. The smallest absolute Gasteiger partial charge is 0.221 e. The maximum Gasteiger partial charge on any atom is 0.221 e. The van der Waals surface area contributed by atoms with Crippen LogP contribution in [-0.4, -0.2) is 68.2 Å². The Morgan fingerprint density at radius 3 is 2.46 bits per heavy atom. The van der Waals surface area contributed by atoms with Crippen LogP contribution in [0.5, 0.6) is 0 Å². The summed E-state index contributed by atoms with van der Waals surface area (Å²) in [6.07, 6.45) is 0.887. The highest BCUT2D eigenvalue weighted by Crippen LogP contribution is 2.16. The van der Waals surface area contributed by atoms with Crippen molar-refractivity contribution in [3.05, 3.63) is 29.8 Å². The van der Waals surface area contributed by atoms with E-state index in [4.69, 9.17) is 9.73 Å². The second-order valence-corrected chi connectivity index (χ2v) is 7.66. The molecule has 1 aliphatic heterocycles. The molecule has 3 N–H and O–H groups in total. The van der Waals surface area contributed by atoms with E-state index in [2.05, 4.69) is 41.6 Å². The zero-order valence-electron chi connectivity index (χ0n) is 17.7. The van der Waals surface area contributed by atoms with E-state index in [1.807, 2.05) is 24.3 Å². The highest BCUT2D eigenvalue weighted by atomic mass is 16.5. The summed E-state index contributed by atoms with van der Waals surface area (Å²) in [4.78, 5) is 18.3. The van der Waals surface area contributed by atoms with Crippen LogP contribution in [0.3, 0.4) is 0 Å². The van der Waals surface area contributed by atoms with Gasteiger partial charge in [-0.3, -0.25) is 14.7 Å². The number of guanidine groups is 1. The number of ether oxygens (including phenoxy) is 1. The van der Waals surface area contributed by atoms with E-state index in [0.717, 1.165) is 64.0 Å². The summed E-state index contributed by atoms with van der Waals surface area (Å²) < 4.78 is 5.46. The van der Waals surface area contributed by atoms with E-state index in [1.54, 1.807) is 0 Å². The van der Waals surface area contributed by atoms with Gasteiger partial charge in [0, 0.05) is 44.3 Å². The van der Waals surface area contributed by atoms with E-state index in [9.17, 15) is 4.79 Å². The first-order valence-electron chi connectivity index (χ1n) is 10.1. The molecule has 28 heavy (non-hydrogen) atoms. The van der Waals surface area contributed by atoms with Crippen molar-refractivity contribution in [2.24, 2.45) is 4.99 Å². The van der Waals surface area contributed by atoms with E-state index in [1.165, 1.54) is 12.5 Å². The lowest BCUT2D eigenvalue weighted by Gasteiger charge is -2.39. The maximum absolute atomic E-state index is 11.1. The molecule has 1 saturated heterocycles. The zero-order valence-corrected chi connectivity index (χ0v) is 17.7. The normalized spacial score (nSPS) is 15.9. The third-order valence-electron chi connectivity index (χ3n) is 4.82. The maximum atomic E-state index is 11.1. The lowest BCUT2D eigenvalue weighted by molar-refractivity contribution is -0.114. The molecule has 0 bridgehead atoms. The summed E-state index contributed by atoms with van der Waals surface area (Å²) in [6.45, 7) is 13.9. The summed E-state index contributed by atoms with van der Waals surface area (Å²) in [5, 5.41) is 9.53. The number of carbonyl (C=O) groups excluding carboxylic acids is 1. The van der Waals surface area contributed by atoms with Gasteiger partial charge in [-0.25, -0.2) is 0 Å². The van der Waals surface area contributed by atoms with Crippen molar-refractivity contribution in [2.45, 2.75) is 39.7 Å². The Bertz CT molecular complexity index is 637. The molecule has 0 saturated carbocycles. The first kappa shape index (κ1) is 22.2. The summed E-state index contributed by atoms with van der Waals surface area (Å²) in [7, 11) is 0. The first-order chi connectivity index (χ1) is 13.4. The molecule has 2 rings (SSSR count). The number of aliphatic imine (C=N–C) groups is 1. The molecule has 1 amide bonds. The van der Waals surface area contributed by atoms with Crippen molar-refractivity contribution in [3.63, 3.8) is 0 Å². The van der Waals surface area contributed by atoms with Crippen molar-refractivity contribution < 1.29 is 9.53 Å². The van der Waals surface area contributed by atoms with E-state index in [0.29, 0.717) is 0 Å². The van der Waals surface area contributed by atoms with Crippen LogP contribution in [0.15, 0.2) is 29.3 Å². The van der Waals surface area contributed by atoms with Crippen LogP contribution in [-0.2, 0) is 16.0 Å². The lowest BCUT2D eigenvalue weighted by Crippen LogP contribution is -2.52. The number of morpholine rings is 1. The Hall–Kier alpha value is -2.12. The van der Waals surface area contributed by atoms with Crippen molar-refractivity contribution in [3.8, 4) is 0 Å². The fraction of sp³-hybridized carbons (Fsp3) is 0.619. The van der Waals surface area contributed by atoms with Gasteiger partial charge in [-0.15, -0.1) is 0 Å². The van der Waals surface area contributed by atoms with Crippen LogP contribution in [0.2, 0.25) is 0 Å².